The summed E-state index contributed by atoms with van der Waals surface area (Å²) in [5.74, 6) is 0.390. The van der Waals surface area contributed by atoms with Crippen molar-refractivity contribution < 1.29 is 0 Å². The highest BCUT2D eigenvalue weighted by molar-refractivity contribution is 5.47. The zero-order valence-corrected chi connectivity index (χ0v) is 7.49. The van der Waals surface area contributed by atoms with E-state index in [0.717, 1.165) is 11.4 Å². The van der Waals surface area contributed by atoms with Crippen molar-refractivity contribution in [2.75, 3.05) is 0 Å². The summed E-state index contributed by atoms with van der Waals surface area (Å²) in [6, 6.07) is 0. The average Bonchev–Trinajstić information content (AvgIpc) is 2.46. The molecule has 0 N–H and O–H groups in total. The SMILES string of the molecule is C=Cc1c(C(C)C)ncn1N=C. The first-order chi connectivity index (χ1) is 5.70. The van der Waals surface area contributed by atoms with Crippen LogP contribution in [0.2, 0.25) is 0 Å². The van der Waals surface area contributed by atoms with Crippen LogP contribution in [-0.4, -0.2) is 16.4 Å². The number of hydrogen-bond acceptors (Lipinski definition) is 2. The first-order valence-corrected chi connectivity index (χ1v) is 3.87. The lowest BCUT2D eigenvalue weighted by atomic mass is 10.1. The van der Waals surface area contributed by atoms with Crippen molar-refractivity contribution in [2.45, 2.75) is 19.8 Å². The summed E-state index contributed by atoms with van der Waals surface area (Å²) in [7, 11) is 0. The van der Waals surface area contributed by atoms with Crippen LogP contribution in [0.3, 0.4) is 0 Å². The maximum Gasteiger partial charge on any atom is 0.118 e. The molecule has 1 heterocycles. The summed E-state index contributed by atoms with van der Waals surface area (Å²) < 4.78 is 1.63. The van der Waals surface area contributed by atoms with E-state index in [9.17, 15) is 0 Å². The Balaban J connectivity index is 3.22. The highest BCUT2D eigenvalue weighted by atomic mass is 15.4. The van der Waals surface area contributed by atoms with E-state index in [1.807, 2.05) is 0 Å². The van der Waals surface area contributed by atoms with Crippen LogP contribution in [0.5, 0.6) is 0 Å². The first kappa shape index (κ1) is 8.71. The van der Waals surface area contributed by atoms with Gasteiger partial charge in [0.25, 0.3) is 0 Å². The van der Waals surface area contributed by atoms with Gasteiger partial charge in [-0.2, -0.15) is 5.10 Å². The molecule has 3 heteroatoms. The summed E-state index contributed by atoms with van der Waals surface area (Å²) in [5, 5.41) is 3.78. The molecule has 0 atom stereocenters. The van der Waals surface area contributed by atoms with Gasteiger partial charge in [-0.1, -0.05) is 20.4 Å². The van der Waals surface area contributed by atoms with Crippen LogP contribution in [0.15, 0.2) is 18.0 Å². The molecular formula is C9H13N3. The molecule has 0 aliphatic heterocycles. The normalized spacial score (nSPS) is 10.2. The van der Waals surface area contributed by atoms with Crippen LogP contribution < -0.4 is 0 Å². The number of hydrogen-bond donors (Lipinski definition) is 0. The van der Waals surface area contributed by atoms with Crippen molar-refractivity contribution in [2.24, 2.45) is 5.10 Å². The van der Waals surface area contributed by atoms with Gasteiger partial charge >= 0.3 is 0 Å². The Morgan fingerprint density at radius 2 is 2.33 bits per heavy atom. The Kier molecular flexibility index (Phi) is 2.43. The molecule has 0 aromatic carbocycles. The minimum atomic E-state index is 0.390. The van der Waals surface area contributed by atoms with Crippen LogP contribution in [0.4, 0.5) is 0 Å². The molecule has 3 nitrogen and oxygen atoms in total. The monoisotopic (exact) mass is 163 g/mol. The van der Waals surface area contributed by atoms with Gasteiger partial charge in [0.2, 0.25) is 0 Å². The quantitative estimate of drug-likeness (QED) is 0.628. The molecule has 0 saturated carbocycles. The molecule has 1 aromatic rings. The van der Waals surface area contributed by atoms with Crippen molar-refractivity contribution in [3.05, 3.63) is 24.3 Å². The highest BCUT2D eigenvalue weighted by Crippen LogP contribution is 2.18. The molecular weight excluding hydrogens is 150 g/mol. The van der Waals surface area contributed by atoms with E-state index in [1.165, 1.54) is 0 Å². The van der Waals surface area contributed by atoms with Gasteiger partial charge in [0, 0.05) is 6.72 Å². The molecule has 1 aromatic heterocycles. The zero-order valence-electron chi connectivity index (χ0n) is 7.49. The van der Waals surface area contributed by atoms with E-state index in [4.69, 9.17) is 0 Å². The van der Waals surface area contributed by atoms with E-state index >= 15 is 0 Å². The molecule has 0 fully saturated rings. The predicted molar refractivity (Wildman–Crippen MR) is 51.4 cm³/mol. The van der Waals surface area contributed by atoms with Gasteiger partial charge in [0.15, 0.2) is 0 Å². The number of imidazole rings is 1. The van der Waals surface area contributed by atoms with E-state index in [1.54, 1.807) is 17.1 Å². The molecule has 0 bridgehead atoms. The minimum Gasteiger partial charge on any atom is -0.239 e. The van der Waals surface area contributed by atoms with E-state index in [-0.39, 0.29) is 0 Å². The lowest BCUT2D eigenvalue weighted by Gasteiger charge is -2.02. The topological polar surface area (TPSA) is 30.2 Å². The van der Waals surface area contributed by atoms with E-state index in [2.05, 4.69) is 37.2 Å². The number of rotatable bonds is 3. The molecule has 1 rings (SSSR count). The molecule has 0 aliphatic carbocycles. The van der Waals surface area contributed by atoms with Crippen LogP contribution in [-0.2, 0) is 0 Å². The standard InChI is InChI=1S/C9H13N3/c1-5-8-9(7(2)3)11-6-12(8)10-4/h5-7H,1,4H2,2-3H3. The van der Waals surface area contributed by atoms with Gasteiger partial charge in [-0.05, 0) is 12.0 Å². The van der Waals surface area contributed by atoms with Crippen LogP contribution >= 0.6 is 0 Å². The molecule has 12 heavy (non-hydrogen) atoms. The first-order valence-electron chi connectivity index (χ1n) is 3.87. The fourth-order valence-electron chi connectivity index (χ4n) is 1.12. The maximum absolute atomic E-state index is 4.22. The summed E-state index contributed by atoms with van der Waals surface area (Å²) in [5.41, 5.74) is 1.94. The van der Waals surface area contributed by atoms with Crippen LogP contribution in [0.1, 0.15) is 31.2 Å². The number of aromatic nitrogens is 2. The van der Waals surface area contributed by atoms with Crippen LogP contribution in [0, 0.1) is 0 Å². The Morgan fingerprint density at radius 3 is 2.75 bits per heavy atom. The molecule has 0 aliphatic rings. The third-order valence-corrected chi connectivity index (χ3v) is 1.71. The summed E-state index contributed by atoms with van der Waals surface area (Å²) >= 11 is 0. The Labute approximate surface area is 72.4 Å². The van der Waals surface area contributed by atoms with Crippen molar-refractivity contribution in [1.82, 2.24) is 9.66 Å². The fourth-order valence-corrected chi connectivity index (χ4v) is 1.12. The number of nitrogens with zero attached hydrogens (tertiary/aromatic N) is 3. The second kappa shape index (κ2) is 3.34. The molecule has 0 radical (unpaired) electrons. The summed E-state index contributed by atoms with van der Waals surface area (Å²) in [6.45, 7) is 11.3. The Morgan fingerprint density at radius 1 is 1.67 bits per heavy atom. The van der Waals surface area contributed by atoms with Gasteiger partial charge in [-0.25, -0.2) is 9.66 Å². The summed E-state index contributed by atoms with van der Waals surface area (Å²) in [6.07, 6.45) is 3.40. The molecule has 0 spiro atoms. The predicted octanol–water partition coefficient (Wildman–Crippen LogP) is 2.11. The second-order valence-corrected chi connectivity index (χ2v) is 2.86. The third kappa shape index (κ3) is 1.30. The third-order valence-electron chi connectivity index (χ3n) is 1.71. The van der Waals surface area contributed by atoms with E-state index < -0.39 is 0 Å². The minimum absolute atomic E-state index is 0.390. The lowest BCUT2D eigenvalue weighted by molar-refractivity contribution is 0.821. The largest absolute Gasteiger partial charge is 0.239 e. The van der Waals surface area contributed by atoms with Crippen molar-refractivity contribution in [3.8, 4) is 0 Å². The maximum atomic E-state index is 4.22. The molecule has 0 amide bonds. The second-order valence-electron chi connectivity index (χ2n) is 2.86. The van der Waals surface area contributed by atoms with Crippen molar-refractivity contribution in [3.63, 3.8) is 0 Å². The Hall–Kier alpha value is -1.38. The van der Waals surface area contributed by atoms with Crippen LogP contribution in [0.25, 0.3) is 6.08 Å². The van der Waals surface area contributed by atoms with Gasteiger partial charge < -0.3 is 0 Å². The average molecular weight is 163 g/mol. The molecule has 0 unspecified atom stereocenters. The van der Waals surface area contributed by atoms with Crippen molar-refractivity contribution >= 4 is 12.8 Å². The van der Waals surface area contributed by atoms with Gasteiger partial charge in [0.05, 0.1) is 11.4 Å². The van der Waals surface area contributed by atoms with E-state index in [0.29, 0.717) is 5.92 Å². The molecule has 64 valence electrons. The van der Waals surface area contributed by atoms with Gasteiger partial charge in [-0.15, -0.1) is 0 Å². The summed E-state index contributed by atoms with van der Waals surface area (Å²) in [4.78, 5) is 4.22. The van der Waals surface area contributed by atoms with Gasteiger partial charge in [0.1, 0.15) is 6.33 Å². The van der Waals surface area contributed by atoms with Gasteiger partial charge in [-0.3, -0.25) is 0 Å². The zero-order chi connectivity index (χ0) is 9.14. The lowest BCUT2D eigenvalue weighted by Crippen LogP contribution is -1.93. The molecule has 0 saturated heterocycles. The fraction of sp³-hybridized carbons (Fsp3) is 0.333. The highest BCUT2D eigenvalue weighted by Gasteiger charge is 2.09. The smallest absolute Gasteiger partial charge is 0.118 e. The van der Waals surface area contributed by atoms with Crippen molar-refractivity contribution in [1.29, 1.82) is 0 Å². The Bertz CT molecular complexity index is 297.